The van der Waals surface area contributed by atoms with Gasteiger partial charge < -0.3 is 0 Å². The summed E-state index contributed by atoms with van der Waals surface area (Å²) in [5.74, 6) is 0. The molecule has 0 N–H and O–H groups in total. The normalized spacial score (nSPS) is 10.1. The summed E-state index contributed by atoms with van der Waals surface area (Å²) in [4.78, 5) is 0. The average molecular weight is 320 g/mol. The minimum absolute atomic E-state index is 0.586. The van der Waals surface area contributed by atoms with Gasteiger partial charge in [0, 0.05) is 0 Å². The highest BCUT2D eigenvalue weighted by atomic mass is 127. The van der Waals surface area contributed by atoms with Gasteiger partial charge in [0.05, 0.1) is 0 Å². The standard InChI is InChI=1S/C14H14BI/c1-15(16)14-9-7-13(8-10-14)11-12-5-3-2-4-6-12/h2-10H,11H2,1H3. The molecule has 0 aliphatic carbocycles. The van der Waals surface area contributed by atoms with E-state index in [9.17, 15) is 0 Å². The van der Waals surface area contributed by atoms with E-state index < -0.39 is 0 Å². The molecule has 16 heavy (non-hydrogen) atoms. The molecule has 0 unspecified atom stereocenters. The molecule has 0 aliphatic heterocycles. The van der Waals surface area contributed by atoms with Gasteiger partial charge in [-0.2, -0.15) is 0 Å². The van der Waals surface area contributed by atoms with Crippen LogP contribution in [0.1, 0.15) is 11.1 Å². The van der Waals surface area contributed by atoms with Crippen molar-refractivity contribution in [3.05, 3.63) is 65.7 Å². The Balaban J connectivity index is 2.11. The minimum atomic E-state index is 0.586. The van der Waals surface area contributed by atoms with Crippen molar-refractivity contribution in [2.45, 2.75) is 13.2 Å². The Morgan fingerprint density at radius 2 is 1.44 bits per heavy atom. The first-order valence-electron chi connectivity index (χ1n) is 5.52. The second-order valence-electron chi connectivity index (χ2n) is 4.02. The van der Waals surface area contributed by atoms with E-state index in [4.69, 9.17) is 0 Å². The van der Waals surface area contributed by atoms with Gasteiger partial charge in [-0.15, -0.1) is 22.4 Å². The number of hydrogen-bond donors (Lipinski definition) is 0. The second-order valence-corrected chi connectivity index (χ2v) is 5.89. The molecule has 0 nitrogen and oxygen atoms in total. The third-order valence-corrected chi connectivity index (χ3v) is 3.41. The third kappa shape index (κ3) is 3.11. The molecule has 2 rings (SSSR count). The van der Waals surface area contributed by atoms with Gasteiger partial charge in [0.2, 0.25) is 4.57 Å². The van der Waals surface area contributed by atoms with E-state index in [0.717, 1.165) is 6.42 Å². The van der Waals surface area contributed by atoms with Gasteiger partial charge in [0.1, 0.15) is 0 Å². The maximum absolute atomic E-state index is 2.44. The summed E-state index contributed by atoms with van der Waals surface area (Å²) < 4.78 is 0.586. The van der Waals surface area contributed by atoms with Crippen LogP contribution >= 0.6 is 22.4 Å². The maximum Gasteiger partial charge on any atom is 0.246 e. The van der Waals surface area contributed by atoms with E-state index >= 15 is 0 Å². The zero-order valence-electron chi connectivity index (χ0n) is 9.36. The van der Waals surface area contributed by atoms with E-state index in [1.54, 1.807) is 0 Å². The van der Waals surface area contributed by atoms with Gasteiger partial charge in [0.15, 0.2) is 0 Å². The van der Waals surface area contributed by atoms with Crippen LogP contribution in [-0.4, -0.2) is 4.57 Å². The summed E-state index contributed by atoms with van der Waals surface area (Å²) >= 11 is 2.44. The number of halogens is 1. The average Bonchev–Trinajstić information content (AvgIpc) is 2.31. The number of benzene rings is 2. The lowest BCUT2D eigenvalue weighted by atomic mass is 9.73. The Hall–Kier alpha value is -0.765. The first-order valence-corrected chi connectivity index (χ1v) is 6.77. The van der Waals surface area contributed by atoms with Crippen LogP contribution in [0.25, 0.3) is 0 Å². The van der Waals surface area contributed by atoms with E-state index in [0.29, 0.717) is 4.57 Å². The topological polar surface area (TPSA) is 0 Å². The highest BCUT2D eigenvalue weighted by Crippen LogP contribution is 2.08. The van der Waals surface area contributed by atoms with Crippen molar-refractivity contribution in [3.8, 4) is 0 Å². The van der Waals surface area contributed by atoms with Crippen LogP contribution in [0.4, 0.5) is 0 Å². The van der Waals surface area contributed by atoms with E-state index in [1.807, 2.05) is 0 Å². The SMILES string of the molecule is CB(I)c1ccc(Cc2ccccc2)cc1. The Bertz CT molecular complexity index is 434. The highest BCUT2D eigenvalue weighted by Gasteiger charge is 2.04. The molecule has 2 aromatic rings. The van der Waals surface area contributed by atoms with Gasteiger partial charge in [-0.3, -0.25) is 0 Å². The van der Waals surface area contributed by atoms with Crippen molar-refractivity contribution >= 4 is 32.4 Å². The first-order chi connectivity index (χ1) is 7.75. The largest absolute Gasteiger partial charge is 0.246 e. The summed E-state index contributed by atoms with van der Waals surface area (Å²) in [5, 5.41) is 0. The summed E-state index contributed by atoms with van der Waals surface area (Å²) in [5.41, 5.74) is 4.15. The van der Waals surface area contributed by atoms with Crippen LogP contribution in [0.2, 0.25) is 6.82 Å². The lowest BCUT2D eigenvalue weighted by molar-refractivity contribution is 1.20. The minimum Gasteiger partial charge on any atom is -0.143 e. The Morgan fingerprint density at radius 1 is 0.875 bits per heavy atom. The van der Waals surface area contributed by atoms with E-state index in [2.05, 4.69) is 83.8 Å². The molecule has 0 fully saturated rings. The smallest absolute Gasteiger partial charge is 0.143 e. The van der Waals surface area contributed by atoms with Crippen LogP contribution in [0, 0.1) is 0 Å². The molecule has 0 amide bonds. The fourth-order valence-corrected chi connectivity index (χ4v) is 2.15. The predicted molar refractivity (Wildman–Crippen MR) is 81.0 cm³/mol. The van der Waals surface area contributed by atoms with Crippen molar-refractivity contribution in [3.63, 3.8) is 0 Å². The van der Waals surface area contributed by atoms with Gasteiger partial charge in [-0.25, -0.2) is 0 Å². The molecule has 0 heterocycles. The van der Waals surface area contributed by atoms with Crippen molar-refractivity contribution < 1.29 is 0 Å². The van der Waals surface area contributed by atoms with Gasteiger partial charge in [-0.1, -0.05) is 66.9 Å². The Morgan fingerprint density at radius 3 is 2.00 bits per heavy atom. The van der Waals surface area contributed by atoms with Crippen molar-refractivity contribution in [2.24, 2.45) is 0 Å². The number of hydrogen-bond acceptors (Lipinski definition) is 0. The molecule has 0 bridgehead atoms. The summed E-state index contributed by atoms with van der Waals surface area (Å²) in [6.45, 7) is 2.22. The van der Waals surface area contributed by atoms with Crippen molar-refractivity contribution in [2.75, 3.05) is 0 Å². The van der Waals surface area contributed by atoms with Crippen LogP contribution in [0.5, 0.6) is 0 Å². The monoisotopic (exact) mass is 320 g/mol. The quantitative estimate of drug-likeness (QED) is 0.599. The molecular weight excluding hydrogens is 306 g/mol. The molecule has 80 valence electrons. The molecule has 0 spiro atoms. The molecule has 0 atom stereocenters. The fraction of sp³-hybridized carbons (Fsp3) is 0.143. The van der Waals surface area contributed by atoms with Gasteiger partial charge in [0.25, 0.3) is 0 Å². The molecule has 2 heteroatoms. The lowest BCUT2D eigenvalue weighted by Crippen LogP contribution is -2.18. The van der Waals surface area contributed by atoms with Crippen LogP contribution < -0.4 is 5.46 Å². The van der Waals surface area contributed by atoms with E-state index in [-0.39, 0.29) is 0 Å². The zero-order chi connectivity index (χ0) is 11.4. The molecule has 2 aromatic carbocycles. The molecule has 0 aromatic heterocycles. The molecule has 0 saturated carbocycles. The van der Waals surface area contributed by atoms with Crippen molar-refractivity contribution in [1.29, 1.82) is 0 Å². The van der Waals surface area contributed by atoms with Gasteiger partial charge >= 0.3 is 0 Å². The van der Waals surface area contributed by atoms with Gasteiger partial charge in [-0.05, 0) is 17.5 Å². The summed E-state index contributed by atoms with van der Waals surface area (Å²) in [6, 6.07) is 19.5. The maximum atomic E-state index is 2.44. The van der Waals surface area contributed by atoms with Crippen LogP contribution in [-0.2, 0) is 6.42 Å². The Labute approximate surface area is 111 Å². The summed E-state index contributed by atoms with van der Waals surface area (Å²) in [6.07, 6.45) is 1.02. The second kappa shape index (κ2) is 5.53. The predicted octanol–water partition coefficient (Wildman–Crippen LogP) is 3.54. The zero-order valence-corrected chi connectivity index (χ0v) is 11.5. The third-order valence-electron chi connectivity index (χ3n) is 2.69. The Kier molecular flexibility index (Phi) is 4.05. The van der Waals surface area contributed by atoms with Crippen LogP contribution in [0.15, 0.2) is 54.6 Å². The lowest BCUT2D eigenvalue weighted by Gasteiger charge is -2.04. The number of rotatable bonds is 3. The fourth-order valence-electron chi connectivity index (χ4n) is 1.73. The summed E-state index contributed by atoms with van der Waals surface area (Å²) in [7, 11) is 0. The molecule has 0 radical (unpaired) electrons. The molecular formula is C14H14BI. The highest BCUT2D eigenvalue weighted by molar-refractivity contribution is 14.1. The van der Waals surface area contributed by atoms with Crippen molar-refractivity contribution in [1.82, 2.24) is 0 Å². The molecule has 0 saturated heterocycles. The van der Waals surface area contributed by atoms with E-state index in [1.165, 1.54) is 16.6 Å². The first kappa shape index (κ1) is 11.7. The van der Waals surface area contributed by atoms with Crippen LogP contribution in [0.3, 0.4) is 0 Å². The molecule has 0 aliphatic rings.